The largest absolute Gasteiger partial charge is 0.329 e. The molecule has 0 radical (unpaired) electrons. The first-order valence-electron chi connectivity index (χ1n) is 7.81. The van der Waals surface area contributed by atoms with Crippen molar-refractivity contribution in [2.45, 2.75) is 63.8 Å². The molecule has 20 heavy (non-hydrogen) atoms. The molecule has 1 unspecified atom stereocenters. The zero-order chi connectivity index (χ0) is 13.7. The molecule has 0 spiro atoms. The molecular formula is C14H29ClN2O2S. The lowest BCUT2D eigenvalue weighted by Crippen LogP contribution is -2.46. The summed E-state index contributed by atoms with van der Waals surface area (Å²) >= 11 is 0. The molecule has 1 atom stereocenters. The van der Waals surface area contributed by atoms with Gasteiger partial charge in [0.15, 0.2) is 0 Å². The lowest BCUT2D eigenvalue weighted by atomic mass is 9.91. The van der Waals surface area contributed by atoms with Gasteiger partial charge in [-0.3, -0.25) is 0 Å². The summed E-state index contributed by atoms with van der Waals surface area (Å²) in [4.78, 5) is 0. The van der Waals surface area contributed by atoms with E-state index in [2.05, 4.69) is 4.72 Å². The number of nitrogens with two attached hydrogens (primary N) is 1. The fourth-order valence-corrected chi connectivity index (χ4v) is 5.44. The highest BCUT2D eigenvalue weighted by atomic mass is 35.5. The zero-order valence-corrected chi connectivity index (χ0v) is 13.9. The Hall–Kier alpha value is 0.160. The number of nitrogens with one attached hydrogen (secondary N) is 1. The van der Waals surface area contributed by atoms with Crippen LogP contribution in [0.25, 0.3) is 0 Å². The maximum absolute atomic E-state index is 12.3. The molecule has 2 aliphatic rings. The maximum atomic E-state index is 12.3. The highest BCUT2D eigenvalue weighted by Gasteiger charge is 2.29. The van der Waals surface area contributed by atoms with E-state index in [0.29, 0.717) is 24.1 Å². The summed E-state index contributed by atoms with van der Waals surface area (Å²) < 4.78 is 27.4. The molecule has 0 aromatic carbocycles. The minimum Gasteiger partial charge on any atom is -0.329 e. The van der Waals surface area contributed by atoms with E-state index in [9.17, 15) is 8.42 Å². The van der Waals surface area contributed by atoms with Gasteiger partial charge in [0.25, 0.3) is 0 Å². The van der Waals surface area contributed by atoms with Crippen LogP contribution in [0.1, 0.15) is 57.8 Å². The summed E-state index contributed by atoms with van der Waals surface area (Å²) in [6.07, 6.45) is 10.4. The van der Waals surface area contributed by atoms with E-state index >= 15 is 0 Å². The Labute approximate surface area is 129 Å². The number of sulfonamides is 1. The minimum absolute atomic E-state index is 0. The van der Waals surface area contributed by atoms with Gasteiger partial charge >= 0.3 is 0 Å². The molecule has 3 N–H and O–H groups in total. The molecule has 2 fully saturated rings. The first kappa shape index (κ1) is 18.2. The van der Waals surface area contributed by atoms with Crippen molar-refractivity contribution in [3.05, 3.63) is 0 Å². The number of rotatable bonds is 6. The topological polar surface area (TPSA) is 72.2 Å². The summed E-state index contributed by atoms with van der Waals surface area (Å²) in [5, 5.41) is 0. The first-order chi connectivity index (χ1) is 9.11. The lowest BCUT2D eigenvalue weighted by Gasteiger charge is -2.26. The number of hydrogen-bond acceptors (Lipinski definition) is 3. The highest BCUT2D eigenvalue weighted by Crippen LogP contribution is 2.28. The van der Waals surface area contributed by atoms with Gasteiger partial charge in [-0.05, 0) is 37.5 Å². The van der Waals surface area contributed by atoms with Crippen molar-refractivity contribution in [1.29, 1.82) is 0 Å². The molecule has 0 heterocycles. The minimum atomic E-state index is -3.16. The molecule has 0 aromatic heterocycles. The number of hydrogen-bond donors (Lipinski definition) is 2. The molecule has 120 valence electrons. The van der Waals surface area contributed by atoms with Crippen molar-refractivity contribution in [3.63, 3.8) is 0 Å². The van der Waals surface area contributed by atoms with E-state index in [1.165, 1.54) is 32.1 Å². The van der Waals surface area contributed by atoms with Crippen molar-refractivity contribution < 1.29 is 8.42 Å². The molecule has 4 nitrogen and oxygen atoms in total. The first-order valence-corrected chi connectivity index (χ1v) is 9.46. The van der Waals surface area contributed by atoms with E-state index in [1.54, 1.807) is 0 Å². The Morgan fingerprint density at radius 3 is 2.10 bits per heavy atom. The van der Waals surface area contributed by atoms with Crippen LogP contribution in [0.4, 0.5) is 0 Å². The lowest BCUT2D eigenvalue weighted by molar-refractivity contribution is 0.376. The van der Waals surface area contributed by atoms with E-state index < -0.39 is 10.0 Å². The molecule has 2 aliphatic carbocycles. The third-order valence-corrected chi connectivity index (χ3v) is 6.31. The van der Waals surface area contributed by atoms with Crippen LogP contribution in [0, 0.1) is 11.8 Å². The van der Waals surface area contributed by atoms with Crippen LogP contribution in [0.3, 0.4) is 0 Å². The van der Waals surface area contributed by atoms with Gasteiger partial charge in [-0.15, -0.1) is 12.4 Å². The predicted octanol–water partition coefficient (Wildman–Crippen LogP) is 2.43. The van der Waals surface area contributed by atoms with Gasteiger partial charge in [0.05, 0.1) is 5.75 Å². The van der Waals surface area contributed by atoms with Crippen molar-refractivity contribution >= 4 is 22.4 Å². The summed E-state index contributed by atoms with van der Waals surface area (Å²) in [6, 6.07) is -0.0453. The SMILES string of the molecule is Cl.NCC(NS(=O)(=O)CC1CCCCC1)C1CCCC1. The second kappa shape index (κ2) is 8.57. The van der Waals surface area contributed by atoms with Gasteiger partial charge in [0.1, 0.15) is 0 Å². The molecule has 0 saturated heterocycles. The van der Waals surface area contributed by atoms with Gasteiger partial charge < -0.3 is 5.73 Å². The molecular weight excluding hydrogens is 296 g/mol. The highest BCUT2D eigenvalue weighted by molar-refractivity contribution is 7.89. The molecule has 0 aliphatic heterocycles. The maximum Gasteiger partial charge on any atom is 0.212 e. The van der Waals surface area contributed by atoms with Crippen LogP contribution in [0.2, 0.25) is 0 Å². The average molecular weight is 325 g/mol. The van der Waals surface area contributed by atoms with E-state index in [1.807, 2.05) is 0 Å². The standard InChI is InChI=1S/C14H28N2O2S.ClH/c15-10-14(13-8-4-5-9-13)16-19(17,18)11-12-6-2-1-3-7-12;/h12-14,16H,1-11,15H2;1H. The van der Waals surface area contributed by atoms with Crippen LogP contribution in [0.15, 0.2) is 0 Å². The van der Waals surface area contributed by atoms with Crippen LogP contribution in [-0.4, -0.2) is 26.8 Å². The Kier molecular flexibility index (Phi) is 7.80. The van der Waals surface area contributed by atoms with Crippen molar-refractivity contribution in [2.24, 2.45) is 17.6 Å². The second-order valence-corrected chi connectivity index (χ2v) is 8.09. The Morgan fingerprint density at radius 1 is 1.00 bits per heavy atom. The molecule has 2 rings (SSSR count). The predicted molar refractivity (Wildman–Crippen MR) is 85.5 cm³/mol. The monoisotopic (exact) mass is 324 g/mol. The van der Waals surface area contributed by atoms with E-state index in [-0.39, 0.29) is 18.4 Å². The van der Waals surface area contributed by atoms with Gasteiger partial charge in [-0.2, -0.15) is 0 Å². The van der Waals surface area contributed by atoms with Crippen LogP contribution < -0.4 is 10.5 Å². The van der Waals surface area contributed by atoms with Crippen LogP contribution in [-0.2, 0) is 10.0 Å². The van der Waals surface area contributed by atoms with Gasteiger partial charge in [0, 0.05) is 12.6 Å². The summed E-state index contributed by atoms with van der Waals surface area (Å²) in [5.41, 5.74) is 5.77. The van der Waals surface area contributed by atoms with Crippen molar-refractivity contribution in [3.8, 4) is 0 Å². The van der Waals surface area contributed by atoms with Crippen LogP contribution >= 0.6 is 12.4 Å². The van der Waals surface area contributed by atoms with E-state index in [4.69, 9.17) is 5.73 Å². The van der Waals surface area contributed by atoms with Crippen molar-refractivity contribution in [2.75, 3.05) is 12.3 Å². The molecule has 6 heteroatoms. The zero-order valence-electron chi connectivity index (χ0n) is 12.2. The average Bonchev–Trinajstić information content (AvgIpc) is 2.90. The summed E-state index contributed by atoms with van der Waals surface area (Å²) in [5.74, 6) is 1.11. The summed E-state index contributed by atoms with van der Waals surface area (Å²) in [7, 11) is -3.16. The normalized spacial score (nSPS) is 23.4. The molecule has 0 bridgehead atoms. The van der Waals surface area contributed by atoms with Gasteiger partial charge in [-0.25, -0.2) is 13.1 Å². The fourth-order valence-electron chi connectivity index (χ4n) is 3.64. The number of halogens is 1. The smallest absolute Gasteiger partial charge is 0.212 e. The Morgan fingerprint density at radius 2 is 1.55 bits per heavy atom. The quantitative estimate of drug-likeness (QED) is 0.788. The van der Waals surface area contributed by atoms with E-state index in [0.717, 1.165) is 25.7 Å². The second-order valence-electron chi connectivity index (χ2n) is 6.29. The van der Waals surface area contributed by atoms with Crippen molar-refractivity contribution in [1.82, 2.24) is 4.72 Å². The third kappa shape index (κ3) is 5.51. The van der Waals surface area contributed by atoms with Gasteiger partial charge in [-0.1, -0.05) is 32.1 Å². The molecule has 0 aromatic rings. The molecule has 2 saturated carbocycles. The Bertz CT molecular complexity index is 363. The fraction of sp³-hybridized carbons (Fsp3) is 1.00. The Balaban J connectivity index is 0.00000200. The summed E-state index contributed by atoms with van der Waals surface area (Å²) in [6.45, 7) is 0.425. The third-order valence-electron chi connectivity index (χ3n) is 4.73. The molecule has 0 amide bonds. The van der Waals surface area contributed by atoms with Crippen LogP contribution in [0.5, 0.6) is 0 Å². The van der Waals surface area contributed by atoms with Gasteiger partial charge in [0.2, 0.25) is 10.0 Å².